The summed E-state index contributed by atoms with van der Waals surface area (Å²) < 4.78 is 11.9. The van der Waals surface area contributed by atoms with Gasteiger partial charge in [0, 0.05) is 42.6 Å². The number of nitrogens with zero attached hydrogens (tertiary/aromatic N) is 2. The Hall–Kier alpha value is -3.03. The molecule has 1 aromatic heterocycles. The lowest BCUT2D eigenvalue weighted by molar-refractivity contribution is 0.102. The van der Waals surface area contributed by atoms with Crippen LogP contribution in [0.1, 0.15) is 27.9 Å². The van der Waals surface area contributed by atoms with Gasteiger partial charge in [0.05, 0.1) is 12.8 Å². The Morgan fingerprint density at radius 1 is 1.10 bits per heavy atom. The second-order valence-corrected chi connectivity index (χ2v) is 7.33. The molecule has 7 heteroatoms. The number of hydrogen-bond acceptors (Lipinski definition) is 5. The van der Waals surface area contributed by atoms with Crippen LogP contribution in [0.4, 0.5) is 5.82 Å². The highest BCUT2D eigenvalue weighted by Crippen LogP contribution is 2.21. The van der Waals surface area contributed by atoms with Gasteiger partial charge in [0.1, 0.15) is 5.75 Å². The second kappa shape index (κ2) is 11.2. The zero-order valence-electron chi connectivity index (χ0n) is 16.5. The summed E-state index contributed by atoms with van der Waals surface area (Å²) in [4.78, 5) is 20.8. The lowest BCUT2D eigenvalue weighted by Gasteiger charge is -2.10. The summed E-state index contributed by atoms with van der Waals surface area (Å²) >= 11 is 3.48. The minimum Gasteiger partial charge on any atom is -0.493 e. The Labute approximate surface area is 184 Å². The third-order valence-electron chi connectivity index (χ3n) is 4.07. The predicted octanol–water partition coefficient (Wildman–Crippen LogP) is 5.08. The lowest BCUT2D eigenvalue weighted by atomic mass is 10.1. The van der Waals surface area contributed by atoms with Gasteiger partial charge in [-0.3, -0.25) is 9.78 Å². The molecule has 154 valence electrons. The first kappa shape index (κ1) is 21.7. The van der Waals surface area contributed by atoms with Crippen LogP contribution in [0.15, 0.2) is 65.5 Å². The number of methoxy groups -OCH3 is 1. The fourth-order valence-corrected chi connectivity index (χ4v) is 3.10. The van der Waals surface area contributed by atoms with Crippen molar-refractivity contribution in [3.63, 3.8) is 0 Å². The molecule has 1 amide bonds. The minimum absolute atomic E-state index is 0.282. The van der Waals surface area contributed by atoms with E-state index in [-0.39, 0.29) is 5.91 Å². The Kier molecular flexibility index (Phi) is 8.11. The van der Waals surface area contributed by atoms with Crippen LogP contribution in [0.5, 0.6) is 5.75 Å². The summed E-state index contributed by atoms with van der Waals surface area (Å²) in [6.07, 6.45) is 9.26. The molecule has 0 bridgehead atoms. The number of nitrogens with one attached hydrogen (secondary N) is 1. The van der Waals surface area contributed by atoms with Gasteiger partial charge >= 0.3 is 0 Å². The molecule has 1 N–H and O–H groups in total. The van der Waals surface area contributed by atoms with Crippen LogP contribution in [0.3, 0.4) is 0 Å². The first-order valence-electron chi connectivity index (χ1n) is 9.42. The number of aromatic nitrogens is 2. The van der Waals surface area contributed by atoms with Crippen molar-refractivity contribution >= 4 is 39.8 Å². The topological polar surface area (TPSA) is 73.3 Å². The summed E-state index contributed by atoms with van der Waals surface area (Å²) in [5, 5.41) is 2.75. The van der Waals surface area contributed by atoms with Crippen LogP contribution in [0, 0.1) is 0 Å². The number of halogens is 1. The van der Waals surface area contributed by atoms with Crippen molar-refractivity contribution in [1.29, 1.82) is 0 Å². The van der Waals surface area contributed by atoms with E-state index in [1.807, 2.05) is 48.6 Å². The molecule has 1 heterocycles. The Balaban J connectivity index is 1.82. The smallest absolute Gasteiger partial charge is 0.257 e. The molecular weight excluding hydrogens is 446 g/mol. The third kappa shape index (κ3) is 6.79. The highest BCUT2D eigenvalue weighted by molar-refractivity contribution is 9.10. The average Bonchev–Trinajstić information content (AvgIpc) is 2.76. The van der Waals surface area contributed by atoms with Gasteiger partial charge < -0.3 is 14.8 Å². The lowest BCUT2D eigenvalue weighted by Crippen LogP contribution is -2.13. The highest BCUT2D eigenvalue weighted by Gasteiger charge is 2.10. The molecule has 0 aliphatic heterocycles. The summed E-state index contributed by atoms with van der Waals surface area (Å²) in [5.74, 6) is 0.724. The number of hydrogen-bond donors (Lipinski definition) is 1. The van der Waals surface area contributed by atoms with Gasteiger partial charge in [-0.2, -0.15) is 0 Å². The minimum atomic E-state index is -0.282. The first-order valence-corrected chi connectivity index (χ1v) is 10.2. The molecule has 3 rings (SSSR count). The van der Waals surface area contributed by atoms with Crippen LogP contribution in [0.25, 0.3) is 12.2 Å². The van der Waals surface area contributed by atoms with Gasteiger partial charge in [-0.05, 0) is 41.5 Å². The molecule has 0 radical (unpaired) electrons. The van der Waals surface area contributed by atoms with Crippen molar-refractivity contribution in [2.75, 3.05) is 25.6 Å². The molecule has 0 fully saturated rings. The molecule has 0 atom stereocenters. The quantitative estimate of drug-likeness (QED) is 0.351. The number of carbonyl (C=O) groups is 1. The molecule has 0 aliphatic carbocycles. The number of anilines is 1. The molecule has 0 unspecified atom stereocenters. The van der Waals surface area contributed by atoms with Crippen LogP contribution in [-0.4, -0.2) is 36.2 Å². The molecule has 0 saturated carbocycles. The van der Waals surface area contributed by atoms with Crippen LogP contribution in [-0.2, 0) is 4.74 Å². The van der Waals surface area contributed by atoms with Crippen molar-refractivity contribution in [3.05, 3.63) is 82.2 Å². The van der Waals surface area contributed by atoms with Crippen molar-refractivity contribution in [1.82, 2.24) is 9.97 Å². The largest absolute Gasteiger partial charge is 0.493 e. The van der Waals surface area contributed by atoms with E-state index in [0.717, 1.165) is 22.0 Å². The zero-order chi connectivity index (χ0) is 21.2. The van der Waals surface area contributed by atoms with E-state index < -0.39 is 0 Å². The summed E-state index contributed by atoms with van der Waals surface area (Å²) in [5.41, 5.74) is 2.36. The van der Waals surface area contributed by atoms with Gasteiger partial charge in [0.15, 0.2) is 5.82 Å². The molecule has 0 spiro atoms. The normalized spacial score (nSPS) is 10.9. The number of rotatable bonds is 9. The molecule has 30 heavy (non-hydrogen) atoms. The number of amides is 1. The third-order valence-corrected chi connectivity index (χ3v) is 4.57. The fraction of sp³-hybridized carbons (Fsp3) is 0.174. The number of ether oxygens (including phenoxy) is 2. The van der Waals surface area contributed by atoms with E-state index in [0.29, 0.717) is 30.3 Å². The van der Waals surface area contributed by atoms with E-state index in [1.54, 1.807) is 19.4 Å². The monoisotopic (exact) mass is 467 g/mol. The summed E-state index contributed by atoms with van der Waals surface area (Å²) in [6.45, 7) is 1.11. The zero-order valence-corrected chi connectivity index (χ0v) is 18.1. The Bertz CT molecular complexity index is 1010. The first-order chi connectivity index (χ1) is 14.6. The van der Waals surface area contributed by atoms with Gasteiger partial charge in [-0.15, -0.1) is 0 Å². The highest BCUT2D eigenvalue weighted by atomic mass is 79.9. The molecule has 6 nitrogen and oxygen atoms in total. The summed E-state index contributed by atoms with van der Waals surface area (Å²) in [7, 11) is 1.66. The molecule has 2 aromatic carbocycles. The average molecular weight is 468 g/mol. The fourth-order valence-electron chi connectivity index (χ4n) is 2.68. The molecule has 3 aromatic rings. The van der Waals surface area contributed by atoms with Crippen molar-refractivity contribution < 1.29 is 14.3 Å². The number of carbonyl (C=O) groups excluding carboxylic acids is 1. The second-order valence-electron chi connectivity index (χ2n) is 6.42. The van der Waals surface area contributed by atoms with Gasteiger partial charge in [0.2, 0.25) is 0 Å². The van der Waals surface area contributed by atoms with E-state index in [2.05, 4.69) is 31.2 Å². The van der Waals surface area contributed by atoms with Gasteiger partial charge in [-0.25, -0.2) is 4.98 Å². The standard InChI is InChI=1S/C23H22BrN3O3/c1-29-10-3-11-30-21-14-18(7-6-17-4-2-5-20(24)13-17)12-19(15-21)23(28)27-22-16-25-8-9-26-22/h2,4-9,12-16H,3,10-11H2,1H3,(H,26,27,28)/b7-6+. The Morgan fingerprint density at radius 2 is 1.97 bits per heavy atom. The maximum atomic E-state index is 12.7. The van der Waals surface area contributed by atoms with E-state index in [9.17, 15) is 4.79 Å². The SMILES string of the molecule is COCCCOc1cc(/C=C/c2cccc(Br)c2)cc(C(=O)Nc2cnccn2)c1. The van der Waals surface area contributed by atoms with E-state index in [1.165, 1.54) is 12.4 Å². The van der Waals surface area contributed by atoms with Crippen molar-refractivity contribution in [2.45, 2.75) is 6.42 Å². The van der Waals surface area contributed by atoms with Gasteiger partial charge in [-0.1, -0.05) is 40.2 Å². The van der Waals surface area contributed by atoms with Crippen molar-refractivity contribution in [3.8, 4) is 5.75 Å². The molecular formula is C23H22BrN3O3. The maximum Gasteiger partial charge on any atom is 0.257 e. The van der Waals surface area contributed by atoms with Gasteiger partial charge in [0.25, 0.3) is 5.91 Å². The molecule has 0 aliphatic rings. The van der Waals surface area contributed by atoms with Crippen LogP contribution >= 0.6 is 15.9 Å². The predicted molar refractivity (Wildman–Crippen MR) is 121 cm³/mol. The Morgan fingerprint density at radius 3 is 2.73 bits per heavy atom. The van der Waals surface area contributed by atoms with Crippen LogP contribution in [0.2, 0.25) is 0 Å². The summed E-state index contributed by atoms with van der Waals surface area (Å²) in [6, 6.07) is 13.4. The van der Waals surface area contributed by atoms with Crippen molar-refractivity contribution in [2.24, 2.45) is 0 Å². The van der Waals surface area contributed by atoms with Crippen LogP contribution < -0.4 is 10.1 Å². The number of benzene rings is 2. The van der Waals surface area contributed by atoms with E-state index in [4.69, 9.17) is 9.47 Å². The van der Waals surface area contributed by atoms with E-state index >= 15 is 0 Å². The maximum absolute atomic E-state index is 12.7. The molecule has 0 saturated heterocycles.